The van der Waals surface area contributed by atoms with Crippen molar-refractivity contribution in [3.8, 4) is 0 Å². The summed E-state index contributed by atoms with van der Waals surface area (Å²) < 4.78 is 10.6. The molecule has 0 saturated heterocycles. The minimum Gasteiger partial charge on any atom is -0.292 e. The van der Waals surface area contributed by atoms with Crippen LogP contribution in [-0.2, 0) is 0 Å². The summed E-state index contributed by atoms with van der Waals surface area (Å²) in [7, 11) is 2.60. The number of rotatable bonds is 10. The summed E-state index contributed by atoms with van der Waals surface area (Å²) in [6, 6.07) is 0. The van der Waals surface area contributed by atoms with E-state index in [1.165, 1.54) is 0 Å². The van der Waals surface area contributed by atoms with Gasteiger partial charge >= 0.3 is 8.72 Å². The summed E-state index contributed by atoms with van der Waals surface area (Å²) in [6.07, 6.45) is 0. The molecule has 0 amide bonds. The van der Waals surface area contributed by atoms with Gasteiger partial charge in [-0.1, -0.05) is 41.5 Å². The molecule has 0 fully saturated rings. The van der Waals surface area contributed by atoms with Gasteiger partial charge in [-0.15, -0.1) is 0 Å². The average Bonchev–Trinajstić information content (AvgIpc) is 2.41. The van der Waals surface area contributed by atoms with Crippen LogP contribution in [0, 0.1) is 0 Å². The summed E-state index contributed by atoms with van der Waals surface area (Å²) in [6.45, 7) is 20.5. The standard InChI is InChI=1S/C14H36N4Si/c1-9-16(10-2)19(15(7)8,17(11-3)12-4)18(13-5)14-6/h9-14H2,1-8H3. The number of hydrogen-bond donors (Lipinski definition) is 0. The Labute approximate surface area is 122 Å². The third-order valence-electron chi connectivity index (χ3n) is 4.16. The van der Waals surface area contributed by atoms with Crippen LogP contribution >= 0.6 is 0 Å². The molecule has 0 rings (SSSR count). The molecule has 116 valence electrons. The van der Waals surface area contributed by atoms with Gasteiger partial charge < -0.3 is 0 Å². The molecule has 0 aliphatic rings. The van der Waals surface area contributed by atoms with E-state index in [9.17, 15) is 0 Å². The Kier molecular flexibility index (Phi) is 9.10. The molecule has 4 nitrogen and oxygen atoms in total. The lowest BCUT2D eigenvalue weighted by Crippen LogP contribution is -2.81. The highest BCUT2D eigenvalue weighted by molar-refractivity contribution is 6.68. The SMILES string of the molecule is CCN(CC)[Si](N(C)C)(N(CC)CC)N(CC)CC. The Bertz CT molecular complexity index is 192. The molecule has 0 bridgehead atoms. The van der Waals surface area contributed by atoms with Gasteiger partial charge in [-0.3, -0.25) is 18.3 Å². The van der Waals surface area contributed by atoms with Crippen molar-refractivity contribution in [3.05, 3.63) is 0 Å². The van der Waals surface area contributed by atoms with Crippen molar-refractivity contribution in [1.82, 2.24) is 18.3 Å². The van der Waals surface area contributed by atoms with Crippen molar-refractivity contribution in [2.75, 3.05) is 53.4 Å². The molecule has 19 heavy (non-hydrogen) atoms. The van der Waals surface area contributed by atoms with E-state index in [4.69, 9.17) is 0 Å². The highest BCUT2D eigenvalue weighted by atomic mass is 28.4. The van der Waals surface area contributed by atoms with E-state index in [0.29, 0.717) is 0 Å². The van der Waals surface area contributed by atoms with E-state index in [0.717, 1.165) is 39.3 Å². The molecule has 5 heteroatoms. The number of nitrogens with zero attached hydrogens (tertiary/aromatic N) is 4. The van der Waals surface area contributed by atoms with Gasteiger partial charge in [-0.25, -0.2) is 0 Å². The van der Waals surface area contributed by atoms with Crippen LogP contribution in [0.25, 0.3) is 0 Å². The molecule has 0 unspecified atom stereocenters. The molecular weight excluding hydrogens is 252 g/mol. The van der Waals surface area contributed by atoms with Gasteiger partial charge in [0, 0.05) is 0 Å². The van der Waals surface area contributed by atoms with Crippen LogP contribution in [0.5, 0.6) is 0 Å². The van der Waals surface area contributed by atoms with Crippen LogP contribution in [0.2, 0.25) is 0 Å². The zero-order valence-corrected chi connectivity index (χ0v) is 15.5. The zero-order chi connectivity index (χ0) is 15.1. The first-order chi connectivity index (χ1) is 9.00. The minimum absolute atomic E-state index is 1.12. The van der Waals surface area contributed by atoms with Crippen molar-refractivity contribution in [2.45, 2.75) is 41.5 Å². The largest absolute Gasteiger partial charge is 0.376 e. The molecule has 0 atom stereocenters. The molecule has 0 saturated carbocycles. The first kappa shape index (κ1) is 19.1. The fourth-order valence-corrected chi connectivity index (χ4v) is 8.83. The monoisotopic (exact) mass is 288 g/mol. The second-order valence-corrected chi connectivity index (χ2v) is 9.00. The molecule has 0 aromatic carbocycles. The molecule has 0 aliphatic heterocycles. The Morgan fingerprint density at radius 3 is 0.842 bits per heavy atom. The molecular formula is C14H36N4Si. The fourth-order valence-electron chi connectivity index (χ4n) is 3.39. The molecule has 0 aliphatic carbocycles. The van der Waals surface area contributed by atoms with Crippen LogP contribution in [-0.4, -0.2) is 80.3 Å². The molecule has 0 aromatic heterocycles. The quantitative estimate of drug-likeness (QED) is 0.570. The maximum absolute atomic E-state index is 2.70. The Morgan fingerprint density at radius 2 is 0.737 bits per heavy atom. The maximum Gasteiger partial charge on any atom is 0.376 e. The Morgan fingerprint density at radius 1 is 0.526 bits per heavy atom. The van der Waals surface area contributed by atoms with Gasteiger partial charge in [-0.05, 0) is 53.4 Å². The predicted molar refractivity (Wildman–Crippen MR) is 88.2 cm³/mol. The van der Waals surface area contributed by atoms with Crippen molar-refractivity contribution in [2.24, 2.45) is 0 Å². The fraction of sp³-hybridized carbons (Fsp3) is 1.00. The van der Waals surface area contributed by atoms with E-state index in [-0.39, 0.29) is 0 Å². The van der Waals surface area contributed by atoms with Crippen molar-refractivity contribution < 1.29 is 0 Å². The second-order valence-electron chi connectivity index (χ2n) is 5.01. The minimum atomic E-state index is -1.93. The first-order valence-corrected chi connectivity index (χ1v) is 9.72. The van der Waals surface area contributed by atoms with Gasteiger partial charge in [-0.2, -0.15) is 0 Å². The van der Waals surface area contributed by atoms with E-state index < -0.39 is 8.72 Å². The summed E-state index contributed by atoms with van der Waals surface area (Å²) in [5.41, 5.74) is 0. The Hall–Kier alpha value is 0.0569. The van der Waals surface area contributed by atoms with Crippen LogP contribution in [0.3, 0.4) is 0 Å². The van der Waals surface area contributed by atoms with Gasteiger partial charge in [0.25, 0.3) is 0 Å². The zero-order valence-electron chi connectivity index (χ0n) is 14.5. The normalized spacial score (nSPS) is 13.3. The van der Waals surface area contributed by atoms with Crippen LogP contribution < -0.4 is 0 Å². The van der Waals surface area contributed by atoms with Gasteiger partial charge in [0.05, 0.1) is 0 Å². The van der Waals surface area contributed by atoms with Crippen LogP contribution in [0.1, 0.15) is 41.5 Å². The smallest absolute Gasteiger partial charge is 0.292 e. The first-order valence-electron chi connectivity index (χ1n) is 7.93. The average molecular weight is 289 g/mol. The number of hydrogen-bond acceptors (Lipinski definition) is 4. The molecule has 0 N–H and O–H groups in total. The predicted octanol–water partition coefficient (Wildman–Crippen LogP) is 2.01. The summed E-state index contributed by atoms with van der Waals surface area (Å²) in [5, 5.41) is 0. The van der Waals surface area contributed by atoms with E-state index >= 15 is 0 Å². The van der Waals surface area contributed by atoms with Crippen molar-refractivity contribution in [3.63, 3.8) is 0 Å². The van der Waals surface area contributed by atoms with E-state index in [2.05, 4.69) is 73.9 Å². The lowest BCUT2D eigenvalue weighted by molar-refractivity contribution is 0.207. The lowest BCUT2D eigenvalue weighted by Gasteiger charge is -2.55. The van der Waals surface area contributed by atoms with Crippen molar-refractivity contribution in [1.29, 1.82) is 0 Å². The van der Waals surface area contributed by atoms with Crippen molar-refractivity contribution >= 4 is 8.72 Å². The molecule has 0 heterocycles. The summed E-state index contributed by atoms with van der Waals surface area (Å²) in [4.78, 5) is 0. The van der Waals surface area contributed by atoms with Gasteiger partial charge in [0.15, 0.2) is 0 Å². The molecule has 0 aromatic rings. The van der Waals surface area contributed by atoms with Crippen LogP contribution in [0.15, 0.2) is 0 Å². The highest BCUT2D eigenvalue weighted by Crippen LogP contribution is 2.22. The van der Waals surface area contributed by atoms with E-state index in [1.807, 2.05) is 0 Å². The second kappa shape index (κ2) is 9.08. The van der Waals surface area contributed by atoms with Gasteiger partial charge in [0.1, 0.15) is 0 Å². The molecule has 0 spiro atoms. The lowest BCUT2D eigenvalue weighted by atomic mass is 10.6. The third-order valence-corrected chi connectivity index (χ3v) is 9.81. The Balaban J connectivity index is 5.84. The summed E-state index contributed by atoms with van der Waals surface area (Å²) >= 11 is 0. The summed E-state index contributed by atoms with van der Waals surface area (Å²) in [5.74, 6) is 0. The molecule has 0 radical (unpaired) electrons. The topological polar surface area (TPSA) is 13.0 Å². The van der Waals surface area contributed by atoms with Gasteiger partial charge in [0.2, 0.25) is 0 Å². The highest BCUT2D eigenvalue weighted by Gasteiger charge is 2.51. The van der Waals surface area contributed by atoms with Crippen LogP contribution in [0.4, 0.5) is 0 Å². The van der Waals surface area contributed by atoms with E-state index in [1.54, 1.807) is 0 Å². The maximum atomic E-state index is 2.70. The third kappa shape index (κ3) is 3.58.